The molecule has 1 saturated heterocycles. The topological polar surface area (TPSA) is 34.2 Å². The van der Waals surface area contributed by atoms with Gasteiger partial charge in [-0.25, -0.2) is 4.98 Å². The third kappa shape index (κ3) is 3.50. The van der Waals surface area contributed by atoms with Gasteiger partial charge < -0.3 is 10.1 Å². The van der Waals surface area contributed by atoms with Crippen LogP contribution >= 0.6 is 11.3 Å². The van der Waals surface area contributed by atoms with Crippen LogP contribution in [0, 0.1) is 12.8 Å². The molecule has 3 nitrogen and oxygen atoms in total. The molecule has 0 aliphatic carbocycles. The zero-order valence-corrected chi connectivity index (χ0v) is 11.7. The number of nitrogens with one attached hydrogen (secondary N) is 1. The van der Waals surface area contributed by atoms with E-state index in [1.807, 2.05) is 5.51 Å². The molecule has 96 valence electrons. The number of hydrogen-bond donors (Lipinski definition) is 1. The van der Waals surface area contributed by atoms with Gasteiger partial charge in [-0.05, 0) is 25.7 Å². The molecule has 1 aromatic heterocycles. The zero-order valence-electron chi connectivity index (χ0n) is 10.9. The average molecular weight is 254 g/mol. The largest absolute Gasteiger partial charge is 0.378 e. The minimum absolute atomic E-state index is 0.420. The molecule has 0 spiro atoms. The molecule has 1 aliphatic heterocycles. The number of nitrogens with zero attached hydrogens (tertiary/aromatic N) is 1. The maximum absolute atomic E-state index is 5.78. The Hall–Kier alpha value is -0.450. The zero-order chi connectivity index (χ0) is 12.3. The summed E-state index contributed by atoms with van der Waals surface area (Å²) >= 11 is 1.74. The molecule has 4 heteroatoms. The molecule has 2 atom stereocenters. The van der Waals surface area contributed by atoms with E-state index < -0.39 is 0 Å². The number of rotatable bonds is 4. The third-order valence-electron chi connectivity index (χ3n) is 3.45. The van der Waals surface area contributed by atoms with Crippen molar-refractivity contribution in [2.24, 2.45) is 5.92 Å². The highest BCUT2D eigenvalue weighted by molar-refractivity contribution is 7.09. The lowest BCUT2D eigenvalue weighted by Gasteiger charge is -2.32. The Balaban J connectivity index is 1.81. The van der Waals surface area contributed by atoms with Crippen LogP contribution in [0.5, 0.6) is 0 Å². The van der Waals surface area contributed by atoms with Crippen molar-refractivity contribution in [2.75, 3.05) is 6.61 Å². The van der Waals surface area contributed by atoms with E-state index in [9.17, 15) is 0 Å². The Bertz CT molecular complexity index is 351. The van der Waals surface area contributed by atoms with Gasteiger partial charge in [-0.15, -0.1) is 11.3 Å². The molecule has 2 rings (SSSR count). The van der Waals surface area contributed by atoms with Crippen molar-refractivity contribution in [3.8, 4) is 0 Å². The first kappa shape index (κ1) is 13.0. The highest BCUT2D eigenvalue weighted by Gasteiger charge is 2.24. The van der Waals surface area contributed by atoms with Crippen LogP contribution in [0.2, 0.25) is 0 Å². The summed E-state index contributed by atoms with van der Waals surface area (Å²) in [4.78, 5) is 5.64. The van der Waals surface area contributed by atoms with Gasteiger partial charge in [0.25, 0.3) is 0 Å². The second kappa shape index (κ2) is 5.94. The Morgan fingerprint density at radius 3 is 3.06 bits per heavy atom. The Labute approximate surface area is 108 Å². The summed E-state index contributed by atoms with van der Waals surface area (Å²) in [5, 5.41) is 3.64. The second-order valence-electron chi connectivity index (χ2n) is 5.12. The van der Waals surface area contributed by atoms with Crippen LogP contribution in [0.15, 0.2) is 5.51 Å². The quantitative estimate of drug-likeness (QED) is 0.897. The highest BCUT2D eigenvalue weighted by Crippen LogP contribution is 2.21. The van der Waals surface area contributed by atoms with Crippen LogP contribution < -0.4 is 5.32 Å². The van der Waals surface area contributed by atoms with Gasteiger partial charge in [0.05, 0.1) is 17.3 Å². The molecular weight excluding hydrogens is 232 g/mol. The Morgan fingerprint density at radius 1 is 1.59 bits per heavy atom. The van der Waals surface area contributed by atoms with Gasteiger partial charge in [0.2, 0.25) is 0 Å². The molecule has 2 heterocycles. The van der Waals surface area contributed by atoms with Gasteiger partial charge in [-0.1, -0.05) is 13.8 Å². The van der Waals surface area contributed by atoms with Gasteiger partial charge in [0.15, 0.2) is 0 Å². The van der Waals surface area contributed by atoms with Crippen molar-refractivity contribution in [2.45, 2.75) is 52.3 Å². The minimum Gasteiger partial charge on any atom is -0.378 e. The fraction of sp³-hybridized carbons (Fsp3) is 0.769. The Morgan fingerprint density at radius 2 is 2.41 bits per heavy atom. The molecule has 1 aromatic rings. The molecule has 17 heavy (non-hydrogen) atoms. The number of thiazole rings is 1. The van der Waals surface area contributed by atoms with Gasteiger partial charge in [-0.2, -0.15) is 0 Å². The van der Waals surface area contributed by atoms with E-state index in [1.165, 1.54) is 4.88 Å². The lowest BCUT2D eigenvalue weighted by atomic mass is 9.95. The van der Waals surface area contributed by atoms with E-state index in [-0.39, 0.29) is 0 Å². The lowest BCUT2D eigenvalue weighted by Crippen LogP contribution is -2.40. The van der Waals surface area contributed by atoms with Crippen molar-refractivity contribution < 1.29 is 4.74 Å². The van der Waals surface area contributed by atoms with Gasteiger partial charge in [-0.3, -0.25) is 0 Å². The second-order valence-corrected chi connectivity index (χ2v) is 6.06. The summed E-state index contributed by atoms with van der Waals surface area (Å²) in [5.41, 5.74) is 3.09. The SMILES string of the molecule is Cc1ncsc1CNC1CCOC(C(C)C)C1. The van der Waals surface area contributed by atoms with Gasteiger partial charge >= 0.3 is 0 Å². The fourth-order valence-electron chi connectivity index (χ4n) is 2.21. The van der Waals surface area contributed by atoms with E-state index in [1.54, 1.807) is 11.3 Å². The van der Waals surface area contributed by atoms with Crippen LogP contribution in [0.3, 0.4) is 0 Å². The number of ether oxygens (including phenoxy) is 1. The average Bonchev–Trinajstić information content (AvgIpc) is 2.72. The predicted octanol–water partition coefficient (Wildman–Crippen LogP) is 2.74. The maximum atomic E-state index is 5.78. The van der Waals surface area contributed by atoms with E-state index in [0.717, 1.165) is 31.7 Å². The first-order valence-corrected chi connectivity index (χ1v) is 7.28. The standard InChI is InChI=1S/C13H22N2OS/c1-9(2)12-6-11(4-5-16-12)14-7-13-10(3)15-8-17-13/h8-9,11-12,14H,4-7H2,1-3H3. The Kier molecular flexibility index (Phi) is 4.54. The summed E-state index contributed by atoms with van der Waals surface area (Å²) in [5.74, 6) is 0.616. The van der Waals surface area contributed by atoms with E-state index >= 15 is 0 Å². The van der Waals surface area contributed by atoms with E-state index in [0.29, 0.717) is 18.1 Å². The predicted molar refractivity (Wildman–Crippen MR) is 71.3 cm³/mol. The van der Waals surface area contributed by atoms with Crippen LogP contribution in [0.4, 0.5) is 0 Å². The number of hydrogen-bond acceptors (Lipinski definition) is 4. The van der Waals surface area contributed by atoms with E-state index in [4.69, 9.17) is 4.74 Å². The molecule has 1 fully saturated rings. The van der Waals surface area contributed by atoms with Gasteiger partial charge in [0, 0.05) is 24.1 Å². The van der Waals surface area contributed by atoms with Crippen LogP contribution in [0.1, 0.15) is 37.3 Å². The molecule has 2 unspecified atom stereocenters. The molecule has 0 bridgehead atoms. The number of aryl methyl sites for hydroxylation is 1. The fourth-order valence-corrected chi connectivity index (χ4v) is 2.94. The van der Waals surface area contributed by atoms with Crippen molar-refractivity contribution >= 4 is 11.3 Å². The molecule has 1 N–H and O–H groups in total. The third-order valence-corrected chi connectivity index (χ3v) is 4.39. The van der Waals surface area contributed by atoms with Crippen LogP contribution in [-0.4, -0.2) is 23.7 Å². The van der Waals surface area contributed by atoms with Crippen molar-refractivity contribution in [3.05, 3.63) is 16.1 Å². The molecule has 0 amide bonds. The van der Waals surface area contributed by atoms with Crippen molar-refractivity contribution in [1.82, 2.24) is 10.3 Å². The van der Waals surface area contributed by atoms with Crippen LogP contribution in [-0.2, 0) is 11.3 Å². The monoisotopic (exact) mass is 254 g/mol. The molecule has 0 radical (unpaired) electrons. The first-order chi connectivity index (χ1) is 8.16. The molecule has 0 aromatic carbocycles. The highest BCUT2D eigenvalue weighted by atomic mass is 32.1. The van der Waals surface area contributed by atoms with Crippen molar-refractivity contribution in [3.63, 3.8) is 0 Å². The minimum atomic E-state index is 0.420. The molecule has 0 saturated carbocycles. The molecule has 1 aliphatic rings. The summed E-state index contributed by atoms with van der Waals surface area (Å²) in [6, 6.07) is 0.595. The normalized spacial score (nSPS) is 25.4. The summed E-state index contributed by atoms with van der Waals surface area (Å²) in [6.07, 6.45) is 2.68. The summed E-state index contributed by atoms with van der Waals surface area (Å²) in [6.45, 7) is 8.39. The summed E-state index contributed by atoms with van der Waals surface area (Å²) in [7, 11) is 0. The maximum Gasteiger partial charge on any atom is 0.0798 e. The first-order valence-electron chi connectivity index (χ1n) is 6.40. The smallest absolute Gasteiger partial charge is 0.0798 e. The lowest BCUT2D eigenvalue weighted by molar-refractivity contribution is -0.0245. The van der Waals surface area contributed by atoms with Crippen molar-refractivity contribution in [1.29, 1.82) is 0 Å². The van der Waals surface area contributed by atoms with Gasteiger partial charge in [0.1, 0.15) is 0 Å². The van der Waals surface area contributed by atoms with Crippen LogP contribution in [0.25, 0.3) is 0 Å². The number of aromatic nitrogens is 1. The van der Waals surface area contributed by atoms with E-state index in [2.05, 4.69) is 31.1 Å². The molecular formula is C13H22N2OS. The summed E-state index contributed by atoms with van der Waals surface area (Å²) < 4.78 is 5.78.